The first-order valence-electron chi connectivity index (χ1n) is 8.98. The van der Waals surface area contributed by atoms with E-state index in [1.54, 1.807) is 6.07 Å². The maximum Gasteiger partial charge on any atom is 0.573 e. The minimum Gasteiger partial charge on any atom is -0.406 e. The van der Waals surface area contributed by atoms with Gasteiger partial charge in [0.05, 0.1) is 6.10 Å². The van der Waals surface area contributed by atoms with Crippen LogP contribution in [-0.2, 0) is 19.3 Å². The predicted molar refractivity (Wildman–Crippen MR) is 98.3 cm³/mol. The van der Waals surface area contributed by atoms with Gasteiger partial charge >= 0.3 is 12.4 Å². The Balaban J connectivity index is 1.49. The average Bonchev–Trinajstić information content (AvgIpc) is 2.62. The lowest BCUT2D eigenvalue weighted by Gasteiger charge is -2.23. The van der Waals surface area contributed by atoms with Gasteiger partial charge in [0.1, 0.15) is 5.75 Å². The van der Waals surface area contributed by atoms with Crippen LogP contribution in [0.5, 0.6) is 5.75 Å². The Bertz CT molecular complexity index is 822. The molecule has 0 fully saturated rings. The number of carbonyl (C=O) groups is 1. The fourth-order valence-electron chi connectivity index (χ4n) is 3.23. The number of rotatable bonds is 5. The van der Waals surface area contributed by atoms with Gasteiger partial charge in [-0.05, 0) is 54.2 Å². The zero-order valence-electron chi connectivity index (χ0n) is 15.1. The zero-order valence-corrected chi connectivity index (χ0v) is 15.1. The molecule has 1 unspecified atom stereocenters. The van der Waals surface area contributed by atoms with Gasteiger partial charge in [-0.2, -0.15) is 0 Å². The summed E-state index contributed by atoms with van der Waals surface area (Å²) in [5.74, 6) is -0.280. The second-order valence-electron chi connectivity index (χ2n) is 6.66. The molecule has 2 aromatic rings. The number of ether oxygens (including phenoxy) is 1. The summed E-state index contributed by atoms with van der Waals surface area (Å²) in [5, 5.41) is 15.4. The highest BCUT2D eigenvalue weighted by atomic mass is 19.4. The van der Waals surface area contributed by atoms with Gasteiger partial charge in [-0.1, -0.05) is 24.3 Å². The predicted octanol–water partition coefficient (Wildman–Crippen LogP) is 3.80. The molecule has 1 aliphatic rings. The van der Waals surface area contributed by atoms with Crippen molar-refractivity contribution in [2.45, 2.75) is 38.1 Å². The van der Waals surface area contributed by atoms with E-state index in [0.29, 0.717) is 25.1 Å². The Morgan fingerprint density at radius 1 is 1.18 bits per heavy atom. The van der Waals surface area contributed by atoms with Crippen molar-refractivity contribution in [2.75, 3.05) is 11.9 Å². The Labute approximate surface area is 160 Å². The number of nitrogens with one attached hydrogen (secondary N) is 2. The molecule has 1 atom stereocenters. The number of carbonyl (C=O) groups excluding carboxylic acids is 1. The molecule has 0 aliphatic heterocycles. The molecule has 3 rings (SSSR count). The van der Waals surface area contributed by atoms with Crippen molar-refractivity contribution in [3.05, 3.63) is 59.2 Å². The molecule has 0 spiro atoms. The molecule has 0 radical (unpaired) electrons. The first-order valence-corrected chi connectivity index (χ1v) is 8.98. The van der Waals surface area contributed by atoms with Gasteiger partial charge in [0.2, 0.25) is 0 Å². The SMILES string of the molecule is O=C(NCCc1ccc(OC(F)(F)F)cc1)Nc1cccc2c1CC(O)CC2. The lowest BCUT2D eigenvalue weighted by molar-refractivity contribution is -0.274. The van der Waals surface area contributed by atoms with Crippen molar-refractivity contribution >= 4 is 11.7 Å². The molecule has 28 heavy (non-hydrogen) atoms. The maximum absolute atomic E-state index is 12.2. The lowest BCUT2D eigenvalue weighted by Crippen LogP contribution is -2.31. The van der Waals surface area contributed by atoms with Crippen LogP contribution in [0.15, 0.2) is 42.5 Å². The van der Waals surface area contributed by atoms with E-state index in [9.17, 15) is 23.1 Å². The number of fused-ring (bicyclic) bond motifs is 1. The molecule has 2 amide bonds. The normalized spacial score (nSPS) is 16.2. The number of benzene rings is 2. The first-order chi connectivity index (χ1) is 13.3. The third-order valence-electron chi connectivity index (χ3n) is 4.56. The van der Waals surface area contributed by atoms with Gasteiger partial charge < -0.3 is 20.5 Å². The molecular weight excluding hydrogens is 373 g/mol. The van der Waals surface area contributed by atoms with Crippen LogP contribution < -0.4 is 15.4 Å². The quantitative estimate of drug-likeness (QED) is 0.723. The van der Waals surface area contributed by atoms with Crippen LogP contribution in [0.25, 0.3) is 0 Å². The lowest BCUT2D eigenvalue weighted by atomic mass is 9.88. The molecule has 150 valence electrons. The number of anilines is 1. The molecule has 0 saturated carbocycles. The molecular formula is C20H21F3N2O3. The van der Waals surface area contributed by atoms with E-state index < -0.39 is 12.5 Å². The van der Waals surface area contributed by atoms with Gasteiger partial charge in [-0.3, -0.25) is 0 Å². The summed E-state index contributed by atoms with van der Waals surface area (Å²) in [7, 11) is 0. The number of halogens is 3. The number of alkyl halides is 3. The van der Waals surface area contributed by atoms with Gasteiger partial charge in [0.25, 0.3) is 0 Å². The van der Waals surface area contributed by atoms with Crippen LogP contribution in [0.3, 0.4) is 0 Å². The van der Waals surface area contributed by atoms with E-state index in [1.165, 1.54) is 24.3 Å². The molecule has 8 heteroatoms. The topological polar surface area (TPSA) is 70.6 Å². The van der Waals surface area contributed by atoms with E-state index >= 15 is 0 Å². The molecule has 1 aliphatic carbocycles. The monoisotopic (exact) mass is 394 g/mol. The average molecular weight is 394 g/mol. The van der Waals surface area contributed by atoms with Crippen molar-refractivity contribution in [3.8, 4) is 5.75 Å². The van der Waals surface area contributed by atoms with Crippen molar-refractivity contribution < 1.29 is 27.8 Å². The van der Waals surface area contributed by atoms with Crippen molar-refractivity contribution in [2.24, 2.45) is 0 Å². The van der Waals surface area contributed by atoms with Gasteiger partial charge in [0, 0.05) is 18.7 Å². The van der Waals surface area contributed by atoms with Gasteiger partial charge in [-0.25, -0.2) is 4.79 Å². The van der Waals surface area contributed by atoms with Crippen LogP contribution in [0.1, 0.15) is 23.1 Å². The fourth-order valence-corrected chi connectivity index (χ4v) is 3.23. The summed E-state index contributed by atoms with van der Waals surface area (Å²) in [6.45, 7) is 0.322. The summed E-state index contributed by atoms with van der Waals surface area (Å²) in [6.07, 6.45) is -2.64. The van der Waals surface area contributed by atoms with Crippen LogP contribution in [0, 0.1) is 0 Å². The number of hydrogen-bond acceptors (Lipinski definition) is 3. The van der Waals surface area contributed by atoms with Crippen LogP contribution in [0.4, 0.5) is 23.7 Å². The Morgan fingerprint density at radius 3 is 2.64 bits per heavy atom. The third-order valence-corrected chi connectivity index (χ3v) is 4.56. The summed E-state index contributed by atoms with van der Waals surface area (Å²) >= 11 is 0. The summed E-state index contributed by atoms with van der Waals surface area (Å²) < 4.78 is 40.3. The molecule has 5 nitrogen and oxygen atoms in total. The van der Waals surface area contributed by atoms with Gasteiger partial charge in [-0.15, -0.1) is 13.2 Å². The van der Waals surface area contributed by atoms with Crippen molar-refractivity contribution in [1.82, 2.24) is 5.32 Å². The van der Waals surface area contributed by atoms with E-state index in [-0.39, 0.29) is 11.8 Å². The molecule has 0 heterocycles. The van der Waals surface area contributed by atoms with Crippen LogP contribution >= 0.6 is 0 Å². The largest absolute Gasteiger partial charge is 0.573 e. The highest BCUT2D eigenvalue weighted by molar-refractivity contribution is 5.90. The Hall–Kier alpha value is -2.74. The van der Waals surface area contributed by atoms with Gasteiger partial charge in [0.15, 0.2) is 0 Å². The number of amides is 2. The maximum atomic E-state index is 12.2. The summed E-state index contributed by atoms with van der Waals surface area (Å²) in [4.78, 5) is 12.2. The summed E-state index contributed by atoms with van der Waals surface area (Å²) in [6, 6.07) is 10.8. The number of aliphatic hydroxyl groups is 1. The molecule has 2 aromatic carbocycles. The van der Waals surface area contributed by atoms with E-state index in [2.05, 4.69) is 15.4 Å². The highest BCUT2D eigenvalue weighted by Gasteiger charge is 2.30. The summed E-state index contributed by atoms with van der Waals surface area (Å²) in [5.41, 5.74) is 3.54. The second-order valence-corrected chi connectivity index (χ2v) is 6.66. The fraction of sp³-hybridized carbons (Fsp3) is 0.350. The molecule has 0 saturated heterocycles. The van der Waals surface area contributed by atoms with Crippen LogP contribution in [0.2, 0.25) is 0 Å². The molecule has 3 N–H and O–H groups in total. The van der Waals surface area contributed by atoms with Crippen molar-refractivity contribution in [3.63, 3.8) is 0 Å². The minimum absolute atomic E-state index is 0.280. The second kappa shape index (κ2) is 8.52. The standard InChI is InChI=1S/C20H21F3N2O3/c21-20(22,23)28-16-8-4-13(5-9-16)10-11-24-19(27)25-18-3-1-2-14-6-7-15(26)12-17(14)18/h1-5,8-9,15,26H,6-7,10-12H2,(H2,24,25,27). The number of aliphatic hydroxyl groups excluding tert-OH is 1. The van der Waals surface area contributed by atoms with E-state index in [0.717, 1.165) is 29.5 Å². The molecule has 0 bridgehead atoms. The first kappa shape index (κ1) is 20.0. The van der Waals surface area contributed by atoms with Crippen LogP contribution in [-0.4, -0.2) is 30.1 Å². The Morgan fingerprint density at radius 2 is 1.93 bits per heavy atom. The third kappa shape index (κ3) is 5.63. The minimum atomic E-state index is -4.71. The highest BCUT2D eigenvalue weighted by Crippen LogP contribution is 2.28. The Kier molecular flexibility index (Phi) is 6.08. The van der Waals surface area contributed by atoms with Crippen molar-refractivity contribution in [1.29, 1.82) is 0 Å². The number of urea groups is 1. The van der Waals surface area contributed by atoms with E-state index in [4.69, 9.17) is 0 Å². The van der Waals surface area contributed by atoms with E-state index in [1.807, 2.05) is 12.1 Å². The smallest absolute Gasteiger partial charge is 0.406 e. The number of hydrogen-bond donors (Lipinski definition) is 3. The molecule has 0 aromatic heterocycles. The number of aryl methyl sites for hydroxylation is 1. The zero-order chi connectivity index (χ0) is 20.1.